The van der Waals surface area contributed by atoms with Gasteiger partial charge in [-0.3, -0.25) is 0 Å². The van der Waals surface area contributed by atoms with E-state index in [1.165, 1.54) is 49.3 Å². The Bertz CT molecular complexity index is 435. The van der Waals surface area contributed by atoms with E-state index in [0.717, 1.165) is 31.8 Å². The molecule has 0 saturated heterocycles. The van der Waals surface area contributed by atoms with E-state index < -0.39 is 0 Å². The molecule has 19 heavy (non-hydrogen) atoms. The van der Waals surface area contributed by atoms with Gasteiger partial charge in [0, 0.05) is 37.7 Å². The van der Waals surface area contributed by atoms with Crippen molar-refractivity contribution in [1.29, 1.82) is 0 Å². The number of nitrogens with one attached hydrogen (secondary N) is 1. The molecule has 0 amide bonds. The molecular formula is C16H27N3. The van der Waals surface area contributed by atoms with Crippen molar-refractivity contribution in [2.45, 2.75) is 71.4 Å². The van der Waals surface area contributed by atoms with Crippen molar-refractivity contribution in [2.75, 3.05) is 6.54 Å². The van der Waals surface area contributed by atoms with Gasteiger partial charge >= 0.3 is 0 Å². The highest BCUT2D eigenvalue weighted by Crippen LogP contribution is 2.35. The first-order valence-corrected chi connectivity index (χ1v) is 8.10. The van der Waals surface area contributed by atoms with Gasteiger partial charge in [-0.05, 0) is 18.8 Å². The van der Waals surface area contributed by atoms with Crippen LogP contribution in [0, 0.1) is 5.92 Å². The number of aryl methyl sites for hydroxylation is 1. The summed E-state index contributed by atoms with van der Waals surface area (Å²) in [6, 6.07) is 0.701. The minimum atomic E-state index is 0.701. The second kappa shape index (κ2) is 5.66. The van der Waals surface area contributed by atoms with Crippen molar-refractivity contribution in [1.82, 2.24) is 14.9 Å². The van der Waals surface area contributed by atoms with Crippen LogP contribution >= 0.6 is 0 Å². The number of imidazole rings is 1. The fraction of sp³-hybridized carbons (Fsp3) is 0.812. The third-order valence-electron chi connectivity index (χ3n) is 4.96. The Kier molecular flexibility index (Phi) is 3.92. The van der Waals surface area contributed by atoms with E-state index in [0.29, 0.717) is 6.04 Å². The molecule has 1 aliphatic carbocycles. The topological polar surface area (TPSA) is 29.9 Å². The lowest BCUT2D eigenvalue weighted by Gasteiger charge is -2.28. The summed E-state index contributed by atoms with van der Waals surface area (Å²) in [5.74, 6) is 2.13. The van der Waals surface area contributed by atoms with Gasteiger partial charge in [0.15, 0.2) is 0 Å². The lowest BCUT2D eigenvalue weighted by Crippen LogP contribution is -2.27. The minimum absolute atomic E-state index is 0.701. The molecule has 1 aliphatic heterocycles. The highest BCUT2D eigenvalue weighted by Gasteiger charge is 2.28. The van der Waals surface area contributed by atoms with E-state index >= 15 is 0 Å². The number of rotatable bonds is 2. The quantitative estimate of drug-likeness (QED) is 0.828. The molecule has 3 nitrogen and oxygen atoms in total. The van der Waals surface area contributed by atoms with E-state index in [1.807, 2.05) is 0 Å². The maximum atomic E-state index is 4.91. The van der Waals surface area contributed by atoms with Gasteiger partial charge in [-0.1, -0.05) is 33.1 Å². The van der Waals surface area contributed by atoms with E-state index in [-0.39, 0.29) is 0 Å². The Labute approximate surface area is 116 Å². The predicted molar refractivity (Wildman–Crippen MR) is 78.3 cm³/mol. The van der Waals surface area contributed by atoms with Crippen molar-refractivity contribution in [3.05, 3.63) is 17.2 Å². The molecule has 1 aromatic heterocycles. The molecule has 1 saturated carbocycles. The van der Waals surface area contributed by atoms with Crippen LogP contribution in [0.3, 0.4) is 0 Å². The summed E-state index contributed by atoms with van der Waals surface area (Å²) >= 11 is 0. The van der Waals surface area contributed by atoms with Crippen LogP contribution in [0.4, 0.5) is 0 Å². The zero-order valence-electron chi connectivity index (χ0n) is 12.4. The van der Waals surface area contributed by atoms with Crippen LogP contribution in [0.15, 0.2) is 0 Å². The lowest BCUT2D eigenvalue weighted by atomic mass is 9.95. The molecule has 2 atom stereocenters. The summed E-state index contributed by atoms with van der Waals surface area (Å²) in [5.41, 5.74) is 2.86. The van der Waals surface area contributed by atoms with Crippen LogP contribution in [0.2, 0.25) is 0 Å². The van der Waals surface area contributed by atoms with E-state index in [4.69, 9.17) is 4.98 Å². The van der Waals surface area contributed by atoms with E-state index in [1.54, 1.807) is 0 Å². The van der Waals surface area contributed by atoms with Gasteiger partial charge in [0.25, 0.3) is 0 Å². The summed E-state index contributed by atoms with van der Waals surface area (Å²) in [4.78, 5) is 4.91. The van der Waals surface area contributed by atoms with Gasteiger partial charge < -0.3 is 9.88 Å². The second-order valence-electron chi connectivity index (χ2n) is 6.25. The number of aromatic nitrogens is 2. The van der Waals surface area contributed by atoms with E-state index in [2.05, 4.69) is 23.7 Å². The summed E-state index contributed by atoms with van der Waals surface area (Å²) in [6.07, 6.45) is 9.19. The Balaban J connectivity index is 1.99. The van der Waals surface area contributed by atoms with Crippen LogP contribution < -0.4 is 5.32 Å². The first-order valence-electron chi connectivity index (χ1n) is 8.10. The van der Waals surface area contributed by atoms with Crippen LogP contribution in [0.25, 0.3) is 0 Å². The molecule has 0 aromatic carbocycles. The predicted octanol–water partition coefficient (Wildman–Crippen LogP) is 3.23. The van der Waals surface area contributed by atoms with Crippen molar-refractivity contribution >= 4 is 0 Å². The number of hydrogen-bond acceptors (Lipinski definition) is 2. The Hall–Kier alpha value is -0.830. The normalized spacial score (nSPS) is 27.9. The van der Waals surface area contributed by atoms with Crippen LogP contribution in [0.1, 0.15) is 69.2 Å². The third kappa shape index (κ3) is 2.45. The highest BCUT2D eigenvalue weighted by molar-refractivity contribution is 5.21. The van der Waals surface area contributed by atoms with Crippen molar-refractivity contribution in [3.8, 4) is 0 Å². The Morgan fingerprint density at radius 3 is 2.95 bits per heavy atom. The first-order chi connectivity index (χ1) is 9.31. The number of hydrogen-bond donors (Lipinski definition) is 1. The summed E-state index contributed by atoms with van der Waals surface area (Å²) < 4.78 is 2.64. The number of nitrogens with zero attached hydrogens (tertiary/aromatic N) is 2. The molecule has 2 heterocycles. The molecular weight excluding hydrogens is 234 g/mol. The summed E-state index contributed by atoms with van der Waals surface area (Å²) in [7, 11) is 0. The molecule has 1 N–H and O–H groups in total. The zero-order valence-corrected chi connectivity index (χ0v) is 12.4. The fourth-order valence-corrected chi connectivity index (χ4v) is 3.89. The minimum Gasteiger partial charge on any atom is -0.328 e. The van der Waals surface area contributed by atoms with Gasteiger partial charge in [0.1, 0.15) is 5.82 Å². The van der Waals surface area contributed by atoms with E-state index in [9.17, 15) is 0 Å². The maximum Gasteiger partial charge on any atom is 0.109 e. The van der Waals surface area contributed by atoms with Crippen LogP contribution in [-0.2, 0) is 19.4 Å². The molecule has 106 valence electrons. The van der Waals surface area contributed by atoms with Gasteiger partial charge in [-0.2, -0.15) is 0 Å². The molecule has 0 bridgehead atoms. The van der Waals surface area contributed by atoms with Crippen LogP contribution in [0.5, 0.6) is 0 Å². The zero-order chi connectivity index (χ0) is 13.2. The molecule has 3 rings (SSSR count). The van der Waals surface area contributed by atoms with Crippen molar-refractivity contribution in [2.24, 2.45) is 5.92 Å². The smallest absolute Gasteiger partial charge is 0.109 e. The molecule has 0 spiro atoms. The first kappa shape index (κ1) is 13.2. The Morgan fingerprint density at radius 2 is 2.11 bits per heavy atom. The maximum absolute atomic E-state index is 4.91. The molecule has 1 aromatic rings. The van der Waals surface area contributed by atoms with Gasteiger partial charge in [0.05, 0.1) is 5.69 Å². The van der Waals surface area contributed by atoms with Gasteiger partial charge in [-0.15, -0.1) is 0 Å². The Morgan fingerprint density at radius 1 is 1.26 bits per heavy atom. The van der Waals surface area contributed by atoms with Gasteiger partial charge in [-0.25, -0.2) is 4.98 Å². The molecule has 2 unspecified atom stereocenters. The fourth-order valence-electron chi connectivity index (χ4n) is 3.89. The summed E-state index contributed by atoms with van der Waals surface area (Å²) in [6.45, 7) is 6.78. The molecule has 3 heteroatoms. The average molecular weight is 261 g/mol. The van der Waals surface area contributed by atoms with Crippen molar-refractivity contribution in [3.63, 3.8) is 0 Å². The van der Waals surface area contributed by atoms with Gasteiger partial charge in [0.2, 0.25) is 0 Å². The standard InChI is InChI=1S/C16H27N3/c1-3-16-18-13-11-17-10-9-15(13)19(16)14-8-6-4-5-7-12(14)2/h12,14,17H,3-11H2,1-2H3. The number of fused-ring (bicyclic) bond motifs is 1. The average Bonchev–Trinajstić information content (AvgIpc) is 2.68. The molecule has 0 radical (unpaired) electrons. The van der Waals surface area contributed by atoms with Crippen molar-refractivity contribution < 1.29 is 0 Å². The molecule has 1 fully saturated rings. The third-order valence-corrected chi connectivity index (χ3v) is 4.96. The summed E-state index contributed by atoms with van der Waals surface area (Å²) in [5, 5.41) is 3.46. The monoisotopic (exact) mass is 261 g/mol. The van der Waals surface area contributed by atoms with Crippen LogP contribution in [-0.4, -0.2) is 16.1 Å². The largest absolute Gasteiger partial charge is 0.328 e. The highest BCUT2D eigenvalue weighted by atomic mass is 15.1. The second-order valence-corrected chi connectivity index (χ2v) is 6.25. The molecule has 2 aliphatic rings. The SMILES string of the molecule is CCc1nc2c(n1C1CCCCCC1C)CCNC2. The lowest BCUT2D eigenvalue weighted by molar-refractivity contribution is 0.318.